The zero-order chi connectivity index (χ0) is 16.5. The monoisotopic (exact) mass is 343 g/mol. The number of halogens is 1. The third-order valence-corrected chi connectivity index (χ3v) is 5.71. The Morgan fingerprint density at radius 1 is 1.25 bits per heavy atom. The van der Waals surface area contributed by atoms with E-state index in [2.05, 4.69) is 31.8 Å². The van der Waals surface area contributed by atoms with Gasteiger partial charge >= 0.3 is 0 Å². The molecule has 2 aromatic heterocycles. The van der Waals surface area contributed by atoms with E-state index in [-0.39, 0.29) is 5.82 Å². The molecule has 0 unspecified atom stereocenters. The number of piperidine rings is 1. The standard InChI is InChI=1S/C17H18FN5S/c1-22(17-21-14-4-2-3-13(18)16(14)24-17)12-5-9-23(10-6-12)15-11-19-7-8-20-15/h2-4,7-8,11-12H,5-6,9-10H2,1H3. The van der Waals surface area contributed by atoms with Gasteiger partial charge in [-0.3, -0.25) is 4.98 Å². The van der Waals surface area contributed by atoms with Crippen LogP contribution in [0, 0.1) is 5.82 Å². The summed E-state index contributed by atoms with van der Waals surface area (Å²) in [5, 5.41) is 0.882. The van der Waals surface area contributed by atoms with E-state index >= 15 is 0 Å². The summed E-state index contributed by atoms with van der Waals surface area (Å²) >= 11 is 1.43. The largest absolute Gasteiger partial charge is 0.355 e. The van der Waals surface area contributed by atoms with E-state index in [1.165, 1.54) is 17.4 Å². The van der Waals surface area contributed by atoms with Gasteiger partial charge in [-0.15, -0.1) is 0 Å². The number of hydrogen-bond donors (Lipinski definition) is 0. The molecule has 0 aliphatic carbocycles. The maximum absolute atomic E-state index is 13.9. The predicted octanol–water partition coefficient (Wildman–Crippen LogP) is 3.33. The first-order valence-corrected chi connectivity index (χ1v) is 8.83. The third-order valence-electron chi connectivity index (χ3n) is 4.54. The molecule has 0 spiro atoms. The number of hydrogen-bond acceptors (Lipinski definition) is 6. The summed E-state index contributed by atoms with van der Waals surface area (Å²) in [5.74, 6) is 0.739. The van der Waals surface area contributed by atoms with Crippen molar-refractivity contribution in [3.8, 4) is 0 Å². The quantitative estimate of drug-likeness (QED) is 0.730. The third kappa shape index (κ3) is 2.80. The average molecular weight is 343 g/mol. The Morgan fingerprint density at radius 2 is 2.08 bits per heavy atom. The number of anilines is 2. The molecule has 1 aromatic carbocycles. The van der Waals surface area contributed by atoms with E-state index in [0.717, 1.165) is 42.4 Å². The summed E-state index contributed by atoms with van der Waals surface area (Å²) in [6.45, 7) is 1.87. The van der Waals surface area contributed by atoms with Gasteiger partial charge in [0.25, 0.3) is 0 Å². The second kappa shape index (κ2) is 6.32. The van der Waals surface area contributed by atoms with E-state index in [4.69, 9.17) is 0 Å². The van der Waals surface area contributed by atoms with E-state index in [1.807, 2.05) is 6.07 Å². The molecule has 0 amide bonds. The minimum absolute atomic E-state index is 0.192. The predicted molar refractivity (Wildman–Crippen MR) is 95.2 cm³/mol. The van der Waals surface area contributed by atoms with Crippen molar-refractivity contribution in [2.75, 3.05) is 29.9 Å². The van der Waals surface area contributed by atoms with E-state index < -0.39 is 0 Å². The van der Waals surface area contributed by atoms with E-state index in [0.29, 0.717) is 10.7 Å². The highest BCUT2D eigenvalue weighted by molar-refractivity contribution is 7.22. The maximum Gasteiger partial charge on any atom is 0.186 e. The minimum atomic E-state index is -0.192. The second-order valence-corrected chi connectivity index (χ2v) is 6.95. The van der Waals surface area contributed by atoms with Gasteiger partial charge in [0.1, 0.15) is 11.6 Å². The summed E-state index contributed by atoms with van der Waals surface area (Å²) in [7, 11) is 2.05. The molecule has 0 N–H and O–H groups in total. The van der Waals surface area contributed by atoms with Crippen molar-refractivity contribution in [2.45, 2.75) is 18.9 Å². The maximum atomic E-state index is 13.9. The highest BCUT2D eigenvalue weighted by Gasteiger charge is 2.25. The van der Waals surface area contributed by atoms with Crippen LogP contribution in [0.1, 0.15) is 12.8 Å². The summed E-state index contributed by atoms with van der Waals surface area (Å²) in [5.41, 5.74) is 0.735. The molecule has 5 nitrogen and oxygen atoms in total. The molecule has 3 aromatic rings. The molecule has 3 heterocycles. The molecule has 1 aliphatic heterocycles. The molecule has 0 bridgehead atoms. The van der Waals surface area contributed by atoms with Gasteiger partial charge in [0, 0.05) is 38.6 Å². The van der Waals surface area contributed by atoms with Crippen LogP contribution in [0.4, 0.5) is 15.3 Å². The van der Waals surface area contributed by atoms with Crippen LogP contribution in [0.25, 0.3) is 10.2 Å². The van der Waals surface area contributed by atoms with Crippen LogP contribution in [0.2, 0.25) is 0 Å². The minimum Gasteiger partial charge on any atom is -0.355 e. The lowest BCUT2D eigenvalue weighted by molar-refractivity contribution is 0.480. The SMILES string of the molecule is CN(c1nc2cccc(F)c2s1)C1CCN(c2cnccn2)CC1. The lowest BCUT2D eigenvalue weighted by Crippen LogP contribution is -2.43. The Hall–Kier alpha value is -2.28. The van der Waals surface area contributed by atoms with Gasteiger partial charge in [-0.1, -0.05) is 17.4 Å². The molecule has 7 heteroatoms. The Bertz CT molecular complexity index is 829. The lowest BCUT2D eigenvalue weighted by atomic mass is 10.0. The van der Waals surface area contributed by atoms with Crippen molar-refractivity contribution >= 4 is 32.5 Å². The molecule has 0 saturated carbocycles. The van der Waals surface area contributed by atoms with Crippen LogP contribution in [0.3, 0.4) is 0 Å². The van der Waals surface area contributed by atoms with Gasteiger partial charge in [-0.2, -0.15) is 0 Å². The highest BCUT2D eigenvalue weighted by Crippen LogP contribution is 2.32. The molecular formula is C17H18FN5S. The van der Waals surface area contributed by atoms with Crippen LogP contribution in [0.5, 0.6) is 0 Å². The van der Waals surface area contributed by atoms with Crippen molar-refractivity contribution in [3.63, 3.8) is 0 Å². The number of nitrogens with zero attached hydrogens (tertiary/aromatic N) is 5. The fourth-order valence-corrected chi connectivity index (χ4v) is 4.15. The second-order valence-electron chi connectivity index (χ2n) is 5.98. The van der Waals surface area contributed by atoms with Gasteiger partial charge in [0.05, 0.1) is 16.4 Å². The molecule has 124 valence electrons. The van der Waals surface area contributed by atoms with Crippen molar-refractivity contribution < 1.29 is 4.39 Å². The molecule has 1 aliphatic rings. The molecule has 0 radical (unpaired) electrons. The van der Waals surface area contributed by atoms with Crippen molar-refractivity contribution in [1.29, 1.82) is 0 Å². The van der Waals surface area contributed by atoms with E-state index in [1.54, 1.807) is 24.7 Å². The van der Waals surface area contributed by atoms with Gasteiger partial charge in [-0.25, -0.2) is 14.4 Å². The Labute approximate surface area is 143 Å². The summed E-state index contributed by atoms with van der Waals surface area (Å²) in [4.78, 5) is 17.5. The number of rotatable bonds is 3. The molecule has 1 fully saturated rings. The number of fused-ring (bicyclic) bond motifs is 1. The normalized spacial score (nSPS) is 15.8. The Morgan fingerprint density at radius 3 is 2.79 bits per heavy atom. The Kier molecular flexibility index (Phi) is 4.02. The lowest BCUT2D eigenvalue weighted by Gasteiger charge is -2.37. The fourth-order valence-electron chi connectivity index (χ4n) is 3.15. The van der Waals surface area contributed by atoms with E-state index in [9.17, 15) is 4.39 Å². The smallest absolute Gasteiger partial charge is 0.186 e. The summed E-state index contributed by atoms with van der Waals surface area (Å²) in [6, 6.07) is 5.47. The first-order chi connectivity index (χ1) is 11.7. The number of aromatic nitrogens is 3. The average Bonchev–Trinajstić information content (AvgIpc) is 3.08. The highest BCUT2D eigenvalue weighted by atomic mass is 32.1. The molecule has 24 heavy (non-hydrogen) atoms. The zero-order valence-electron chi connectivity index (χ0n) is 13.4. The van der Waals surface area contributed by atoms with Crippen LogP contribution in [-0.4, -0.2) is 41.1 Å². The van der Waals surface area contributed by atoms with Crippen molar-refractivity contribution in [2.24, 2.45) is 0 Å². The van der Waals surface area contributed by atoms with Crippen molar-refractivity contribution in [1.82, 2.24) is 15.0 Å². The van der Waals surface area contributed by atoms with Gasteiger partial charge < -0.3 is 9.80 Å². The van der Waals surface area contributed by atoms with Gasteiger partial charge in [-0.05, 0) is 25.0 Å². The van der Waals surface area contributed by atoms with Gasteiger partial charge in [0.2, 0.25) is 0 Å². The first kappa shape index (κ1) is 15.3. The number of thiazole rings is 1. The Balaban J connectivity index is 1.47. The summed E-state index contributed by atoms with van der Waals surface area (Å²) < 4.78 is 14.5. The molecule has 4 rings (SSSR count). The fraction of sp³-hybridized carbons (Fsp3) is 0.353. The topological polar surface area (TPSA) is 45.2 Å². The van der Waals surface area contributed by atoms with Crippen LogP contribution in [0.15, 0.2) is 36.8 Å². The van der Waals surface area contributed by atoms with Crippen LogP contribution >= 0.6 is 11.3 Å². The van der Waals surface area contributed by atoms with Gasteiger partial charge in [0.15, 0.2) is 5.13 Å². The summed E-state index contributed by atoms with van der Waals surface area (Å²) in [6.07, 6.45) is 7.26. The van der Waals surface area contributed by atoms with Crippen LogP contribution < -0.4 is 9.80 Å². The first-order valence-electron chi connectivity index (χ1n) is 8.01. The molecule has 1 saturated heterocycles. The zero-order valence-corrected chi connectivity index (χ0v) is 14.2. The molecule has 0 atom stereocenters. The molecular weight excluding hydrogens is 325 g/mol. The van der Waals surface area contributed by atoms with Crippen molar-refractivity contribution in [3.05, 3.63) is 42.6 Å². The van der Waals surface area contributed by atoms with Crippen LogP contribution in [-0.2, 0) is 0 Å². The number of benzene rings is 1.